The SMILES string of the molecule is CC(C)C(NC(=O)C(Cc1ccccc1)NC(=O)C(CCCCN)NC(=O)C(N)Cc1c[nH]c2ccccc12)C(=O)O. The fourth-order valence-corrected chi connectivity index (χ4v) is 4.77. The zero-order chi connectivity index (χ0) is 30.6. The zero-order valence-corrected chi connectivity index (χ0v) is 24.1. The number of unbranched alkanes of at least 4 members (excludes halogenated alkanes) is 1. The van der Waals surface area contributed by atoms with Crippen molar-refractivity contribution in [2.75, 3.05) is 6.54 Å². The summed E-state index contributed by atoms with van der Waals surface area (Å²) in [7, 11) is 0. The van der Waals surface area contributed by atoms with E-state index in [2.05, 4.69) is 20.9 Å². The summed E-state index contributed by atoms with van der Waals surface area (Å²) in [5.41, 5.74) is 14.5. The summed E-state index contributed by atoms with van der Waals surface area (Å²) in [6.45, 7) is 3.80. The summed E-state index contributed by atoms with van der Waals surface area (Å²) in [4.78, 5) is 54.9. The topological polar surface area (TPSA) is 192 Å². The van der Waals surface area contributed by atoms with Gasteiger partial charge in [0, 0.05) is 23.5 Å². The Bertz CT molecular complexity index is 1340. The Kier molecular flexibility index (Phi) is 12.1. The molecule has 3 aromatic rings. The monoisotopic (exact) mass is 578 g/mol. The Morgan fingerprint density at radius 3 is 2.14 bits per heavy atom. The van der Waals surface area contributed by atoms with E-state index >= 15 is 0 Å². The van der Waals surface area contributed by atoms with Crippen LogP contribution in [0.1, 0.15) is 44.2 Å². The second kappa shape index (κ2) is 15.7. The maximum absolute atomic E-state index is 13.5. The molecular weight excluding hydrogens is 536 g/mol. The minimum atomic E-state index is -1.17. The molecule has 1 heterocycles. The van der Waals surface area contributed by atoms with Crippen LogP contribution < -0.4 is 27.4 Å². The van der Waals surface area contributed by atoms with Gasteiger partial charge in [-0.3, -0.25) is 14.4 Å². The van der Waals surface area contributed by atoms with Gasteiger partial charge in [-0.25, -0.2) is 4.79 Å². The molecule has 2 aromatic carbocycles. The number of carboxylic acid groups (broad SMARTS) is 1. The molecule has 42 heavy (non-hydrogen) atoms. The van der Waals surface area contributed by atoms with Crippen LogP contribution in [0.25, 0.3) is 10.9 Å². The quantitative estimate of drug-likeness (QED) is 0.125. The van der Waals surface area contributed by atoms with Crippen LogP contribution in [-0.4, -0.2) is 64.5 Å². The van der Waals surface area contributed by atoms with E-state index < -0.39 is 47.9 Å². The molecule has 11 heteroatoms. The van der Waals surface area contributed by atoms with Gasteiger partial charge in [0.1, 0.15) is 18.1 Å². The van der Waals surface area contributed by atoms with Gasteiger partial charge in [-0.15, -0.1) is 0 Å². The second-order valence-corrected chi connectivity index (χ2v) is 10.8. The van der Waals surface area contributed by atoms with E-state index in [1.807, 2.05) is 60.8 Å². The molecule has 0 spiro atoms. The molecule has 9 N–H and O–H groups in total. The van der Waals surface area contributed by atoms with Gasteiger partial charge in [0.15, 0.2) is 0 Å². The highest BCUT2D eigenvalue weighted by atomic mass is 16.4. The number of hydrogen-bond acceptors (Lipinski definition) is 6. The molecule has 11 nitrogen and oxygen atoms in total. The lowest BCUT2D eigenvalue weighted by Crippen LogP contribution is -2.58. The van der Waals surface area contributed by atoms with Crippen molar-refractivity contribution >= 4 is 34.6 Å². The summed E-state index contributed by atoms with van der Waals surface area (Å²) >= 11 is 0. The van der Waals surface area contributed by atoms with Crippen LogP contribution in [0.3, 0.4) is 0 Å². The van der Waals surface area contributed by atoms with Crippen LogP contribution in [0.4, 0.5) is 0 Å². The number of aromatic amines is 1. The van der Waals surface area contributed by atoms with Crippen LogP contribution in [0.5, 0.6) is 0 Å². The number of hydrogen-bond donors (Lipinski definition) is 7. The number of amides is 3. The van der Waals surface area contributed by atoms with E-state index in [1.54, 1.807) is 13.8 Å². The van der Waals surface area contributed by atoms with Gasteiger partial charge >= 0.3 is 5.97 Å². The Labute approximate surface area is 245 Å². The van der Waals surface area contributed by atoms with Crippen molar-refractivity contribution < 1.29 is 24.3 Å². The van der Waals surface area contributed by atoms with E-state index in [1.165, 1.54) is 0 Å². The third-order valence-corrected chi connectivity index (χ3v) is 7.18. The molecule has 3 rings (SSSR count). The molecule has 3 amide bonds. The number of carbonyl (C=O) groups excluding carboxylic acids is 3. The number of H-pyrrole nitrogens is 1. The number of benzene rings is 2. The Morgan fingerprint density at radius 2 is 1.48 bits per heavy atom. The van der Waals surface area contributed by atoms with Crippen LogP contribution in [0, 0.1) is 5.92 Å². The number of para-hydroxylation sites is 1. The third-order valence-electron chi connectivity index (χ3n) is 7.18. The third kappa shape index (κ3) is 9.15. The van der Waals surface area contributed by atoms with E-state index in [-0.39, 0.29) is 25.2 Å². The molecule has 0 saturated heterocycles. The van der Waals surface area contributed by atoms with Gasteiger partial charge in [-0.2, -0.15) is 0 Å². The number of nitrogens with one attached hydrogen (secondary N) is 4. The van der Waals surface area contributed by atoms with Crippen LogP contribution in [-0.2, 0) is 32.0 Å². The lowest BCUT2D eigenvalue weighted by Gasteiger charge is -2.26. The number of aromatic nitrogens is 1. The van der Waals surface area contributed by atoms with Gasteiger partial charge in [0.25, 0.3) is 0 Å². The van der Waals surface area contributed by atoms with Crippen molar-refractivity contribution in [3.05, 3.63) is 71.9 Å². The predicted molar refractivity (Wildman–Crippen MR) is 161 cm³/mol. The number of carbonyl (C=O) groups is 4. The standard InChI is InChI=1S/C31H42N6O5/c1-19(2)27(31(41)42)37-30(40)26(16-20-10-4-3-5-11-20)36-29(39)25(14-8-9-15-32)35-28(38)23(33)17-21-18-34-24-13-7-6-12-22(21)24/h3-7,10-13,18-19,23,25-27,34H,8-9,14-17,32-33H2,1-2H3,(H,35,38)(H,36,39)(H,37,40)(H,41,42). The summed E-state index contributed by atoms with van der Waals surface area (Å²) < 4.78 is 0. The van der Waals surface area contributed by atoms with E-state index in [0.29, 0.717) is 19.4 Å². The largest absolute Gasteiger partial charge is 0.480 e. The normalized spacial score (nSPS) is 14.1. The predicted octanol–water partition coefficient (Wildman–Crippen LogP) is 1.60. The molecule has 0 bridgehead atoms. The second-order valence-electron chi connectivity index (χ2n) is 10.8. The minimum Gasteiger partial charge on any atom is -0.480 e. The van der Waals surface area contributed by atoms with Crippen LogP contribution in [0.15, 0.2) is 60.8 Å². The number of fused-ring (bicyclic) bond motifs is 1. The molecular formula is C31H42N6O5. The first-order valence-corrected chi connectivity index (χ1v) is 14.3. The molecule has 226 valence electrons. The Balaban J connectivity index is 1.76. The Hall–Kier alpha value is -4.22. The first-order chi connectivity index (χ1) is 20.1. The first kappa shape index (κ1) is 32.3. The van der Waals surface area contributed by atoms with E-state index in [9.17, 15) is 24.3 Å². The smallest absolute Gasteiger partial charge is 0.326 e. The minimum absolute atomic E-state index is 0.131. The highest BCUT2D eigenvalue weighted by Crippen LogP contribution is 2.19. The molecule has 1 aromatic heterocycles. The molecule has 0 aliphatic rings. The van der Waals surface area contributed by atoms with E-state index in [0.717, 1.165) is 22.0 Å². The van der Waals surface area contributed by atoms with Crippen molar-refractivity contribution in [2.45, 2.75) is 70.1 Å². The summed E-state index contributed by atoms with van der Waals surface area (Å²) in [5, 5.41) is 18.6. The van der Waals surface area contributed by atoms with Crippen molar-refractivity contribution in [2.24, 2.45) is 17.4 Å². The molecule has 0 aliphatic carbocycles. The zero-order valence-electron chi connectivity index (χ0n) is 24.1. The van der Waals surface area contributed by atoms with Gasteiger partial charge in [-0.1, -0.05) is 62.4 Å². The summed E-state index contributed by atoms with van der Waals surface area (Å²) in [6.07, 6.45) is 3.71. The van der Waals surface area contributed by atoms with Gasteiger partial charge in [0.2, 0.25) is 17.7 Å². The maximum atomic E-state index is 13.5. The Morgan fingerprint density at radius 1 is 0.833 bits per heavy atom. The van der Waals surface area contributed by atoms with Gasteiger partial charge in [-0.05, 0) is 55.3 Å². The highest BCUT2D eigenvalue weighted by Gasteiger charge is 2.31. The molecule has 0 fully saturated rings. The first-order valence-electron chi connectivity index (χ1n) is 14.3. The van der Waals surface area contributed by atoms with E-state index in [4.69, 9.17) is 11.5 Å². The lowest BCUT2D eigenvalue weighted by atomic mass is 10.0. The number of nitrogens with two attached hydrogens (primary N) is 2. The number of carboxylic acids is 1. The molecule has 4 atom stereocenters. The van der Waals surface area contributed by atoms with Gasteiger partial charge < -0.3 is 37.5 Å². The average Bonchev–Trinajstić information content (AvgIpc) is 3.37. The van der Waals surface area contributed by atoms with Crippen molar-refractivity contribution in [3.8, 4) is 0 Å². The molecule has 4 unspecified atom stereocenters. The lowest BCUT2D eigenvalue weighted by molar-refractivity contribution is -0.143. The number of aliphatic carboxylic acids is 1. The molecule has 0 radical (unpaired) electrons. The van der Waals surface area contributed by atoms with Crippen molar-refractivity contribution in [1.82, 2.24) is 20.9 Å². The van der Waals surface area contributed by atoms with Gasteiger partial charge in [0.05, 0.1) is 6.04 Å². The fraction of sp³-hybridized carbons (Fsp3) is 0.419. The van der Waals surface area contributed by atoms with Crippen LogP contribution in [0.2, 0.25) is 0 Å². The van der Waals surface area contributed by atoms with Crippen molar-refractivity contribution in [3.63, 3.8) is 0 Å². The maximum Gasteiger partial charge on any atom is 0.326 e. The van der Waals surface area contributed by atoms with Crippen molar-refractivity contribution in [1.29, 1.82) is 0 Å². The number of rotatable bonds is 16. The average molecular weight is 579 g/mol. The summed E-state index contributed by atoms with van der Waals surface area (Å²) in [6, 6.07) is 12.7. The highest BCUT2D eigenvalue weighted by molar-refractivity contribution is 5.94. The fourth-order valence-electron chi connectivity index (χ4n) is 4.77. The van der Waals surface area contributed by atoms with Crippen LogP contribution >= 0.6 is 0 Å². The summed E-state index contributed by atoms with van der Waals surface area (Å²) in [5.74, 6) is -3.23. The molecule has 0 saturated carbocycles. The molecule has 0 aliphatic heterocycles.